The molecule has 1 aromatic heterocycles. The molecule has 0 amide bonds. The Hall–Kier alpha value is -1.35. The van der Waals surface area contributed by atoms with Crippen molar-refractivity contribution in [3.05, 3.63) is 63.3 Å². The first kappa shape index (κ1) is 12.7. The van der Waals surface area contributed by atoms with Gasteiger partial charge in [0.25, 0.3) is 0 Å². The SMILES string of the molecule is S=c1oc(-c2ccc(Cl)cc2Cl)cc2ccccc12. The van der Waals surface area contributed by atoms with E-state index in [-0.39, 0.29) is 0 Å². The Bertz CT molecular complexity index is 824. The lowest BCUT2D eigenvalue weighted by molar-refractivity contribution is 0.558. The van der Waals surface area contributed by atoms with Gasteiger partial charge in [-0.3, -0.25) is 0 Å². The molecule has 0 saturated carbocycles. The summed E-state index contributed by atoms with van der Waals surface area (Å²) in [4.78, 5) is 0. The molecular formula is C15H8Cl2OS. The van der Waals surface area contributed by atoms with Crippen LogP contribution in [0.15, 0.2) is 52.9 Å². The predicted octanol–water partition coefficient (Wildman–Crippen LogP) is 6.14. The standard InChI is InChI=1S/C15H8Cl2OS/c16-10-5-6-12(13(17)8-10)14-7-9-3-1-2-4-11(9)15(19)18-14/h1-8H. The summed E-state index contributed by atoms with van der Waals surface area (Å²) in [6.07, 6.45) is 0. The Morgan fingerprint density at radius 2 is 1.74 bits per heavy atom. The number of benzene rings is 2. The molecule has 0 aliphatic carbocycles. The van der Waals surface area contributed by atoms with Gasteiger partial charge in [0.1, 0.15) is 5.76 Å². The summed E-state index contributed by atoms with van der Waals surface area (Å²) in [6.45, 7) is 0. The van der Waals surface area contributed by atoms with Crippen molar-refractivity contribution in [2.75, 3.05) is 0 Å². The van der Waals surface area contributed by atoms with Crippen LogP contribution in [-0.4, -0.2) is 0 Å². The number of halogens is 2. The van der Waals surface area contributed by atoms with Crippen LogP contribution < -0.4 is 0 Å². The van der Waals surface area contributed by atoms with Crippen LogP contribution in [0.2, 0.25) is 10.0 Å². The molecule has 0 unspecified atom stereocenters. The molecular weight excluding hydrogens is 299 g/mol. The largest absolute Gasteiger partial charge is 0.445 e. The third kappa shape index (κ3) is 2.39. The molecule has 0 radical (unpaired) electrons. The summed E-state index contributed by atoms with van der Waals surface area (Å²) < 4.78 is 6.14. The molecule has 4 heteroatoms. The van der Waals surface area contributed by atoms with Gasteiger partial charge in [-0.2, -0.15) is 0 Å². The van der Waals surface area contributed by atoms with E-state index in [1.807, 2.05) is 36.4 Å². The Kier molecular flexibility index (Phi) is 3.31. The van der Waals surface area contributed by atoms with Crippen LogP contribution in [0, 0.1) is 4.71 Å². The predicted molar refractivity (Wildman–Crippen MR) is 82.5 cm³/mol. The molecule has 3 rings (SSSR count). The van der Waals surface area contributed by atoms with Gasteiger partial charge < -0.3 is 4.42 Å². The second kappa shape index (κ2) is 4.97. The van der Waals surface area contributed by atoms with E-state index in [1.54, 1.807) is 12.1 Å². The highest BCUT2D eigenvalue weighted by molar-refractivity contribution is 7.71. The molecule has 0 N–H and O–H groups in total. The summed E-state index contributed by atoms with van der Waals surface area (Å²) in [5.41, 5.74) is 0.780. The summed E-state index contributed by atoms with van der Waals surface area (Å²) in [5, 5.41) is 3.08. The lowest BCUT2D eigenvalue weighted by Gasteiger charge is -2.06. The lowest BCUT2D eigenvalue weighted by atomic mass is 10.1. The van der Waals surface area contributed by atoms with Crippen LogP contribution in [0.1, 0.15) is 0 Å². The topological polar surface area (TPSA) is 13.1 Å². The zero-order valence-corrected chi connectivity index (χ0v) is 12.0. The van der Waals surface area contributed by atoms with E-state index in [1.165, 1.54) is 0 Å². The molecule has 19 heavy (non-hydrogen) atoms. The number of hydrogen-bond donors (Lipinski definition) is 0. The van der Waals surface area contributed by atoms with E-state index in [9.17, 15) is 0 Å². The highest BCUT2D eigenvalue weighted by Crippen LogP contribution is 2.32. The van der Waals surface area contributed by atoms with Crippen LogP contribution in [0.5, 0.6) is 0 Å². The molecule has 3 aromatic rings. The van der Waals surface area contributed by atoms with Crippen LogP contribution in [0.25, 0.3) is 22.1 Å². The average molecular weight is 307 g/mol. The van der Waals surface area contributed by atoms with Gasteiger partial charge in [0, 0.05) is 16.0 Å². The van der Waals surface area contributed by atoms with Crippen LogP contribution in [0.4, 0.5) is 0 Å². The van der Waals surface area contributed by atoms with E-state index in [0.717, 1.165) is 16.3 Å². The maximum Gasteiger partial charge on any atom is 0.198 e. The fourth-order valence-corrected chi connectivity index (χ4v) is 2.73. The van der Waals surface area contributed by atoms with Gasteiger partial charge in [-0.25, -0.2) is 0 Å². The van der Waals surface area contributed by atoms with Crippen molar-refractivity contribution < 1.29 is 4.42 Å². The molecule has 2 aromatic carbocycles. The van der Waals surface area contributed by atoms with Crippen LogP contribution in [0.3, 0.4) is 0 Å². The summed E-state index contributed by atoms with van der Waals surface area (Å²) >= 11 is 17.4. The molecule has 0 atom stereocenters. The highest BCUT2D eigenvalue weighted by atomic mass is 35.5. The zero-order valence-electron chi connectivity index (χ0n) is 9.69. The van der Waals surface area contributed by atoms with E-state index >= 15 is 0 Å². The molecule has 0 fully saturated rings. The van der Waals surface area contributed by atoms with Gasteiger partial charge in [0.05, 0.1) is 5.02 Å². The number of fused-ring (bicyclic) bond motifs is 1. The van der Waals surface area contributed by atoms with Crippen molar-refractivity contribution in [1.29, 1.82) is 0 Å². The third-order valence-electron chi connectivity index (χ3n) is 2.87. The van der Waals surface area contributed by atoms with Gasteiger partial charge in [-0.15, -0.1) is 0 Å². The third-order valence-corrected chi connectivity index (χ3v) is 3.72. The van der Waals surface area contributed by atoms with E-state index in [4.69, 9.17) is 39.8 Å². The maximum atomic E-state index is 6.19. The van der Waals surface area contributed by atoms with E-state index < -0.39 is 0 Å². The Morgan fingerprint density at radius 3 is 2.53 bits per heavy atom. The van der Waals surface area contributed by atoms with Crippen molar-refractivity contribution in [2.45, 2.75) is 0 Å². The van der Waals surface area contributed by atoms with Crippen molar-refractivity contribution in [3.8, 4) is 11.3 Å². The molecule has 0 aliphatic rings. The molecule has 94 valence electrons. The fraction of sp³-hybridized carbons (Fsp3) is 0. The monoisotopic (exact) mass is 306 g/mol. The first-order valence-electron chi connectivity index (χ1n) is 5.63. The lowest BCUT2D eigenvalue weighted by Crippen LogP contribution is -1.82. The Balaban J connectivity index is 2.28. The van der Waals surface area contributed by atoms with Crippen molar-refractivity contribution in [3.63, 3.8) is 0 Å². The minimum absolute atomic E-state index is 0.458. The van der Waals surface area contributed by atoms with Gasteiger partial charge in [0.15, 0.2) is 4.71 Å². The van der Waals surface area contributed by atoms with E-state index in [2.05, 4.69) is 0 Å². The van der Waals surface area contributed by atoms with Crippen molar-refractivity contribution in [1.82, 2.24) is 0 Å². The first-order valence-corrected chi connectivity index (χ1v) is 6.80. The van der Waals surface area contributed by atoms with Crippen LogP contribution in [-0.2, 0) is 0 Å². The molecule has 0 saturated heterocycles. The molecule has 0 aliphatic heterocycles. The molecule has 0 spiro atoms. The average Bonchev–Trinajstić information content (AvgIpc) is 2.38. The quantitative estimate of drug-likeness (QED) is 0.501. The van der Waals surface area contributed by atoms with E-state index in [0.29, 0.717) is 20.5 Å². The molecule has 1 nitrogen and oxygen atoms in total. The Labute approximate surface area is 125 Å². The van der Waals surface area contributed by atoms with Gasteiger partial charge in [0.2, 0.25) is 0 Å². The number of hydrogen-bond acceptors (Lipinski definition) is 2. The van der Waals surface area contributed by atoms with Gasteiger partial charge >= 0.3 is 0 Å². The zero-order chi connectivity index (χ0) is 13.4. The van der Waals surface area contributed by atoms with Crippen LogP contribution >= 0.6 is 35.4 Å². The van der Waals surface area contributed by atoms with Crippen molar-refractivity contribution >= 4 is 46.2 Å². The smallest absolute Gasteiger partial charge is 0.198 e. The second-order valence-electron chi connectivity index (χ2n) is 4.11. The minimum atomic E-state index is 0.458. The van der Waals surface area contributed by atoms with Gasteiger partial charge in [-0.1, -0.05) is 41.4 Å². The molecule has 1 heterocycles. The molecule has 0 bridgehead atoms. The summed E-state index contributed by atoms with van der Waals surface area (Å²) in [7, 11) is 0. The summed E-state index contributed by atoms with van der Waals surface area (Å²) in [5.74, 6) is 0.644. The maximum absolute atomic E-state index is 6.19. The minimum Gasteiger partial charge on any atom is -0.445 e. The second-order valence-corrected chi connectivity index (χ2v) is 5.32. The first-order chi connectivity index (χ1) is 9.15. The normalized spacial score (nSPS) is 10.8. The van der Waals surface area contributed by atoms with Gasteiger partial charge in [-0.05, 0) is 47.9 Å². The van der Waals surface area contributed by atoms with Crippen molar-refractivity contribution in [2.24, 2.45) is 0 Å². The fourth-order valence-electron chi connectivity index (χ4n) is 1.96. The summed E-state index contributed by atoms with van der Waals surface area (Å²) in [6, 6.07) is 15.0. The Morgan fingerprint density at radius 1 is 0.947 bits per heavy atom. The highest BCUT2D eigenvalue weighted by Gasteiger charge is 2.08. The number of rotatable bonds is 1.